The molecule has 4 nitrogen and oxygen atoms in total. The van der Waals surface area contributed by atoms with Crippen LogP contribution < -0.4 is 10.6 Å². The number of benzene rings is 1. The third-order valence-corrected chi connectivity index (χ3v) is 6.08. The highest BCUT2D eigenvalue weighted by Gasteiger charge is 2.42. The minimum atomic E-state index is -4.92. The fourth-order valence-electron chi connectivity index (χ4n) is 4.30. The van der Waals surface area contributed by atoms with E-state index in [9.17, 15) is 31.1 Å². The van der Waals surface area contributed by atoms with Crippen molar-refractivity contribution in [3.8, 4) is 0 Å². The number of hydrogen-bond donors (Lipinski definition) is 2. The van der Waals surface area contributed by atoms with Gasteiger partial charge >= 0.3 is 12.4 Å². The van der Waals surface area contributed by atoms with Gasteiger partial charge in [-0.05, 0) is 55.9 Å². The van der Waals surface area contributed by atoms with Crippen molar-refractivity contribution in [1.29, 1.82) is 0 Å². The summed E-state index contributed by atoms with van der Waals surface area (Å²) in [6.45, 7) is 2.76. The maximum absolute atomic E-state index is 13.0. The van der Waals surface area contributed by atoms with Crippen LogP contribution in [0.15, 0.2) is 18.2 Å². The second kappa shape index (κ2) is 8.97. The summed E-state index contributed by atoms with van der Waals surface area (Å²) in [5, 5.41) is 6.08. The predicted molar refractivity (Wildman–Crippen MR) is 101 cm³/mol. The quantitative estimate of drug-likeness (QED) is 0.639. The van der Waals surface area contributed by atoms with Gasteiger partial charge in [0.1, 0.15) is 0 Å². The molecule has 1 aromatic rings. The molecule has 1 amide bonds. The Morgan fingerprint density at radius 1 is 1.00 bits per heavy atom. The van der Waals surface area contributed by atoms with Crippen molar-refractivity contribution in [3.63, 3.8) is 0 Å². The molecule has 1 aliphatic heterocycles. The van der Waals surface area contributed by atoms with Gasteiger partial charge in [-0.2, -0.15) is 26.3 Å². The van der Waals surface area contributed by atoms with Crippen LogP contribution in [0.4, 0.5) is 26.3 Å². The van der Waals surface area contributed by atoms with E-state index in [0.717, 1.165) is 19.3 Å². The Kier molecular flexibility index (Phi) is 6.90. The second-order valence-electron chi connectivity index (χ2n) is 8.65. The molecule has 10 heteroatoms. The molecule has 0 aromatic heterocycles. The van der Waals surface area contributed by atoms with Crippen LogP contribution in [-0.2, 0) is 28.4 Å². The van der Waals surface area contributed by atoms with Crippen molar-refractivity contribution in [2.24, 2.45) is 5.41 Å². The van der Waals surface area contributed by atoms with Gasteiger partial charge in [-0.1, -0.05) is 6.92 Å². The number of carbonyl (C=O) groups is 1. The summed E-state index contributed by atoms with van der Waals surface area (Å²) in [6.07, 6.45) is -6.10. The SMILES string of the molecule is C[C@]1(C(=O)NCc2cc(C(F)(F)F)cc(C(F)(F)F)c2)CC[C@@H](NC2CCOCC2)C1. The highest BCUT2D eigenvalue weighted by molar-refractivity contribution is 5.82. The van der Waals surface area contributed by atoms with Gasteiger partial charge in [0, 0.05) is 37.3 Å². The summed E-state index contributed by atoms with van der Waals surface area (Å²) in [5.74, 6) is -0.366. The van der Waals surface area contributed by atoms with Crippen LogP contribution in [0, 0.1) is 5.41 Å². The van der Waals surface area contributed by atoms with Crippen LogP contribution in [0.1, 0.15) is 55.7 Å². The van der Waals surface area contributed by atoms with Crippen molar-refractivity contribution < 1.29 is 35.9 Å². The number of halogens is 6. The van der Waals surface area contributed by atoms with Crippen LogP contribution in [0.5, 0.6) is 0 Å². The smallest absolute Gasteiger partial charge is 0.381 e. The van der Waals surface area contributed by atoms with E-state index in [1.807, 2.05) is 0 Å². The van der Waals surface area contributed by atoms with Gasteiger partial charge in [0.25, 0.3) is 0 Å². The number of alkyl halides is 6. The fourth-order valence-corrected chi connectivity index (χ4v) is 4.30. The van der Waals surface area contributed by atoms with E-state index >= 15 is 0 Å². The van der Waals surface area contributed by atoms with E-state index in [0.29, 0.717) is 44.2 Å². The summed E-state index contributed by atoms with van der Waals surface area (Å²) >= 11 is 0. The molecule has 1 heterocycles. The third-order valence-electron chi connectivity index (χ3n) is 6.08. The standard InChI is InChI=1S/C21H26F6N2O2/c1-19(5-2-17(11-19)29-16-3-6-31-7-4-16)18(30)28-12-13-8-14(20(22,23)24)10-15(9-13)21(25,26)27/h8-10,16-17,29H,2-7,11-12H2,1H3,(H,28,30)/t17-,19+/m1/s1. The molecule has 0 radical (unpaired) electrons. The minimum absolute atomic E-state index is 0.0795. The van der Waals surface area contributed by atoms with Gasteiger partial charge < -0.3 is 15.4 Å². The summed E-state index contributed by atoms with van der Waals surface area (Å²) < 4.78 is 83.4. The Balaban J connectivity index is 1.63. The lowest BCUT2D eigenvalue weighted by molar-refractivity contribution is -0.143. The van der Waals surface area contributed by atoms with E-state index in [2.05, 4.69) is 10.6 Å². The summed E-state index contributed by atoms with van der Waals surface area (Å²) in [6, 6.07) is 1.83. The van der Waals surface area contributed by atoms with Crippen molar-refractivity contribution in [2.75, 3.05) is 13.2 Å². The van der Waals surface area contributed by atoms with Crippen molar-refractivity contribution in [2.45, 2.75) is 70.0 Å². The Morgan fingerprint density at radius 3 is 2.13 bits per heavy atom. The highest BCUT2D eigenvalue weighted by atomic mass is 19.4. The van der Waals surface area contributed by atoms with E-state index in [1.54, 1.807) is 6.92 Å². The maximum atomic E-state index is 13.0. The monoisotopic (exact) mass is 452 g/mol. The van der Waals surface area contributed by atoms with Crippen LogP contribution in [-0.4, -0.2) is 31.2 Å². The first-order chi connectivity index (χ1) is 14.4. The molecule has 0 spiro atoms. The summed E-state index contributed by atoms with van der Waals surface area (Å²) in [7, 11) is 0. The van der Waals surface area contributed by atoms with Gasteiger partial charge in [-0.3, -0.25) is 4.79 Å². The Morgan fingerprint density at radius 2 is 1.58 bits per heavy atom. The normalized spacial score (nSPS) is 25.6. The molecule has 1 saturated carbocycles. The lowest BCUT2D eigenvalue weighted by Crippen LogP contribution is -2.42. The zero-order valence-electron chi connectivity index (χ0n) is 17.1. The molecular formula is C21H26F6N2O2. The first-order valence-electron chi connectivity index (χ1n) is 10.3. The summed E-state index contributed by atoms with van der Waals surface area (Å²) in [4.78, 5) is 12.7. The minimum Gasteiger partial charge on any atom is -0.381 e. The van der Waals surface area contributed by atoms with E-state index in [4.69, 9.17) is 4.74 Å². The maximum Gasteiger partial charge on any atom is 0.416 e. The lowest BCUT2D eigenvalue weighted by atomic mass is 9.87. The van der Waals surface area contributed by atoms with Gasteiger partial charge in [0.15, 0.2) is 0 Å². The number of ether oxygens (including phenoxy) is 1. The van der Waals surface area contributed by atoms with E-state index < -0.39 is 35.4 Å². The molecule has 2 fully saturated rings. The molecule has 1 saturated heterocycles. The zero-order valence-corrected chi connectivity index (χ0v) is 17.1. The molecule has 1 aliphatic carbocycles. The largest absolute Gasteiger partial charge is 0.416 e. The lowest BCUT2D eigenvalue weighted by Gasteiger charge is -2.28. The van der Waals surface area contributed by atoms with E-state index in [1.165, 1.54) is 0 Å². The predicted octanol–water partition coefficient (Wildman–Crippen LogP) is 4.67. The number of nitrogens with one attached hydrogen (secondary N) is 2. The second-order valence-corrected chi connectivity index (χ2v) is 8.65. The molecule has 2 aliphatic rings. The molecule has 1 aromatic carbocycles. The van der Waals surface area contributed by atoms with Crippen molar-refractivity contribution >= 4 is 5.91 Å². The Bertz CT molecular complexity index is 757. The third kappa shape index (κ3) is 6.12. The average molecular weight is 452 g/mol. The van der Waals surface area contributed by atoms with Gasteiger partial charge in [-0.25, -0.2) is 0 Å². The molecule has 2 atom stereocenters. The van der Waals surface area contributed by atoms with E-state index in [-0.39, 0.29) is 23.6 Å². The number of amides is 1. The molecular weight excluding hydrogens is 426 g/mol. The zero-order chi connectivity index (χ0) is 22.9. The van der Waals surface area contributed by atoms with Gasteiger partial charge in [0.2, 0.25) is 5.91 Å². The highest BCUT2D eigenvalue weighted by Crippen LogP contribution is 2.39. The number of carbonyl (C=O) groups excluding carboxylic acids is 1. The topological polar surface area (TPSA) is 50.4 Å². The Hall–Kier alpha value is -1.81. The molecule has 3 rings (SSSR count). The summed E-state index contributed by atoms with van der Waals surface area (Å²) in [5.41, 5.74) is -3.75. The number of rotatable bonds is 5. The van der Waals surface area contributed by atoms with Crippen molar-refractivity contribution in [3.05, 3.63) is 34.9 Å². The molecule has 2 N–H and O–H groups in total. The average Bonchev–Trinajstić information content (AvgIpc) is 3.07. The Labute approximate surface area is 176 Å². The van der Waals surface area contributed by atoms with Crippen LogP contribution >= 0.6 is 0 Å². The molecule has 31 heavy (non-hydrogen) atoms. The molecule has 174 valence electrons. The van der Waals surface area contributed by atoms with Crippen LogP contribution in [0.25, 0.3) is 0 Å². The first-order valence-corrected chi connectivity index (χ1v) is 10.3. The first kappa shape index (κ1) is 23.8. The van der Waals surface area contributed by atoms with Crippen molar-refractivity contribution in [1.82, 2.24) is 10.6 Å². The molecule has 0 bridgehead atoms. The van der Waals surface area contributed by atoms with Crippen LogP contribution in [0.2, 0.25) is 0 Å². The molecule has 0 unspecified atom stereocenters. The fraction of sp³-hybridized carbons (Fsp3) is 0.667. The van der Waals surface area contributed by atoms with Gasteiger partial charge in [-0.15, -0.1) is 0 Å². The van der Waals surface area contributed by atoms with Gasteiger partial charge in [0.05, 0.1) is 11.1 Å². The number of hydrogen-bond acceptors (Lipinski definition) is 3. The van der Waals surface area contributed by atoms with Crippen LogP contribution in [0.3, 0.4) is 0 Å².